The minimum Gasteiger partial charge on any atom is -0.275 e. The molecule has 0 fully saturated rings. The summed E-state index contributed by atoms with van der Waals surface area (Å²) in [4.78, 5) is 15.1. The highest BCUT2D eigenvalue weighted by atomic mass is 35.5. The van der Waals surface area contributed by atoms with Crippen molar-refractivity contribution in [2.75, 3.05) is 0 Å². The van der Waals surface area contributed by atoms with Crippen LogP contribution in [-0.4, -0.2) is 20.0 Å². The third kappa shape index (κ3) is 2.06. The lowest BCUT2D eigenvalue weighted by Crippen LogP contribution is -2.07. The van der Waals surface area contributed by atoms with Crippen LogP contribution >= 0.6 is 11.6 Å². The van der Waals surface area contributed by atoms with Crippen LogP contribution in [0.2, 0.25) is 0 Å². The number of hydrogen-bond acceptors (Lipinski definition) is 3. The van der Waals surface area contributed by atoms with Gasteiger partial charge in [0.2, 0.25) is 0 Å². The Hall–Kier alpha value is -1.75. The summed E-state index contributed by atoms with van der Waals surface area (Å²) in [5, 5.41) is 3.34. The van der Waals surface area contributed by atoms with Gasteiger partial charge in [0.15, 0.2) is 11.6 Å². The third-order valence-electron chi connectivity index (χ3n) is 2.36. The maximum atomic E-state index is 13.6. The molecule has 0 amide bonds. The van der Waals surface area contributed by atoms with Gasteiger partial charge in [-0.3, -0.25) is 4.79 Å². The number of pyridine rings is 1. The van der Waals surface area contributed by atoms with Crippen molar-refractivity contribution in [2.24, 2.45) is 0 Å². The molecule has 0 aromatic carbocycles. The molecule has 0 saturated carbocycles. The van der Waals surface area contributed by atoms with E-state index in [0.717, 1.165) is 0 Å². The second-order valence-corrected chi connectivity index (χ2v) is 3.70. The molecule has 0 saturated heterocycles. The highest BCUT2D eigenvalue weighted by Gasteiger charge is 2.17. The lowest BCUT2D eigenvalue weighted by atomic mass is 10.2. The first-order valence-electron chi connectivity index (χ1n) is 5.02. The standard InChI is InChI=1S/C11H9ClFN3O/c1-2-9-7(10(12)17)6-15-16(9)11-8(13)4-3-5-14-11/h3-6H,2H2,1H3. The van der Waals surface area contributed by atoms with Crippen LogP contribution in [0.3, 0.4) is 0 Å². The average molecular weight is 254 g/mol. The molecule has 17 heavy (non-hydrogen) atoms. The first kappa shape index (κ1) is 11.7. The molecule has 2 rings (SSSR count). The Bertz CT molecular complexity index is 568. The van der Waals surface area contributed by atoms with Gasteiger partial charge in [0.25, 0.3) is 5.24 Å². The first-order chi connectivity index (χ1) is 8.15. The zero-order valence-corrected chi connectivity index (χ0v) is 9.78. The van der Waals surface area contributed by atoms with E-state index in [9.17, 15) is 9.18 Å². The Labute approximate surface area is 102 Å². The molecule has 0 aliphatic heterocycles. The van der Waals surface area contributed by atoms with Crippen molar-refractivity contribution in [3.8, 4) is 5.82 Å². The normalized spacial score (nSPS) is 10.5. The van der Waals surface area contributed by atoms with Crippen LogP contribution in [0.25, 0.3) is 5.82 Å². The maximum absolute atomic E-state index is 13.6. The molecule has 0 spiro atoms. The van der Waals surface area contributed by atoms with Gasteiger partial charge in [-0.05, 0) is 30.2 Å². The smallest absolute Gasteiger partial charge is 0.255 e. The zero-order chi connectivity index (χ0) is 12.4. The highest BCUT2D eigenvalue weighted by Crippen LogP contribution is 2.17. The van der Waals surface area contributed by atoms with Crippen LogP contribution in [-0.2, 0) is 6.42 Å². The second kappa shape index (κ2) is 4.63. The van der Waals surface area contributed by atoms with Crippen molar-refractivity contribution < 1.29 is 9.18 Å². The minimum atomic E-state index is -0.607. The van der Waals surface area contributed by atoms with Gasteiger partial charge in [-0.1, -0.05) is 6.92 Å². The summed E-state index contributed by atoms with van der Waals surface area (Å²) in [6, 6.07) is 2.77. The van der Waals surface area contributed by atoms with Gasteiger partial charge >= 0.3 is 0 Å². The Kier molecular flexibility index (Phi) is 3.19. The Morgan fingerprint density at radius 1 is 1.59 bits per heavy atom. The van der Waals surface area contributed by atoms with Crippen LogP contribution in [0.5, 0.6) is 0 Å². The van der Waals surface area contributed by atoms with E-state index in [0.29, 0.717) is 12.1 Å². The molecular weight excluding hydrogens is 245 g/mol. The van der Waals surface area contributed by atoms with E-state index < -0.39 is 11.1 Å². The molecule has 2 aromatic rings. The molecule has 6 heteroatoms. The molecule has 0 radical (unpaired) electrons. The predicted octanol–water partition coefficient (Wildman–Crippen LogP) is 2.35. The monoisotopic (exact) mass is 253 g/mol. The SMILES string of the molecule is CCc1c(C(=O)Cl)cnn1-c1ncccc1F. The lowest BCUT2D eigenvalue weighted by molar-refractivity contribution is 0.108. The molecule has 0 unspecified atom stereocenters. The summed E-state index contributed by atoms with van der Waals surface area (Å²) in [6.07, 6.45) is 3.29. The maximum Gasteiger partial charge on any atom is 0.255 e. The van der Waals surface area contributed by atoms with E-state index in [-0.39, 0.29) is 11.4 Å². The van der Waals surface area contributed by atoms with E-state index in [1.165, 1.54) is 29.2 Å². The zero-order valence-electron chi connectivity index (χ0n) is 9.02. The molecule has 0 N–H and O–H groups in total. The Balaban J connectivity index is 2.61. The average Bonchev–Trinajstić information content (AvgIpc) is 2.73. The van der Waals surface area contributed by atoms with Crippen molar-refractivity contribution in [3.05, 3.63) is 41.6 Å². The fraction of sp³-hybridized carbons (Fsp3) is 0.182. The van der Waals surface area contributed by atoms with Gasteiger partial charge in [0.05, 0.1) is 17.5 Å². The van der Waals surface area contributed by atoms with Crippen LogP contribution in [0.15, 0.2) is 24.5 Å². The number of rotatable bonds is 3. The van der Waals surface area contributed by atoms with E-state index in [1.54, 1.807) is 0 Å². The van der Waals surface area contributed by atoms with Gasteiger partial charge in [-0.25, -0.2) is 14.1 Å². The third-order valence-corrected chi connectivity index (χ3v) is 2.56. The Morgan fingerprint density at radius 2 is 2.35 bits per heavy atom. The molecule has 0 aliphatic carbocycles. The fourth-order valence-corrected chi connectivity index (χ4v) is 1.75. The summed E-state index contributed by atoms with van der Waals surface area (Å²) in [5.41, 5.74) is 0.821. The summed E-state index contributed by atoms with van der Waals surface area (Å²) in [5.74, 6) is -0.438. The number of hydrogen-bond donors (Lipinski definition) is 0. The molecule has 88 valence electrons. The largest absolute Gasteiger partial charge is 0.275 e. The van der Waals surface area contributed by atoms with E-state index in [4.69, 9.17) is 11.6 Å². The predicted molar refractivity (Wildman–Crippen MR) is 60.9 cm³/mol. The van der Waals surface area contributed by atoms with Crippen molar-refractivity contribution in [2.45, 2.75) is 13.3 Å². The quantitative estimate of drug-likeness (QED) is 0.789. The van der Waals surface area contributed by atoms with Crippen molar-refractivity contribution in [1.82, 2.24) is 14.8 Å². The van der Waals surface area contributed by atoms with Crippen LogP contribution in [0.4, 0.5) is 4.39 Å². The summed E-state index contributed by atoms with van der Waals surface area (Å²) in [6.45, 7) is 1.83. The van der Waals surface area contributed by atoms with Gasteiger partial charge < -0.3 is 0 Å². The Morgan fingerprint density at radius 3 is 2.94 bits per heavy atom. The van der Waals surface area contributed by atoms with Gasteiger partial charge in [-0.2, -0.15) is 5.10 Å². The van der Waals surface area contributed by atoms with E-state index in [2.05, 4.69) is 10.1 Å². The second-order valence-electron chi connectivity index (χ2n) is 3.35. The number of nitrogens with zero attached hydrogens (tertiary/aromatic N) is 3. The topological polar surface area (TPSA) is 47.8 Å². The number of halogens is 2. The van der Waals surface area contributed by atoms with Crippen LogP contribution < -0.4 is 0 Å². The van der Waals surface area contributed by atoms with Gasteiger partial charge in [0, 0.05) is 6.20 Å². The van der Waals surface area contributed by atoms with Crippen LogP contribution in [0, 0.1) is 5.82 Å². The number of carbonyl (C=O) groups excluding carboxylic acids is 1. The molecule has 2 aromatic heterocycles. The summed E-state index contributed by atoms with van der Waals surface area (Å²) < 4.78 is 14.9. The molecule has 4 nitrogen and oxygen atoms in total. The molecular formula is C11H9ClFN3O. The number of aromatic nitrogens is 3. The van der Waals surface area contributed by atoms with E-state index >= 15 is 0 Å². The van der Waals surface area contributed by atoms with Crippen molar-refractivity contribution in [3.63, 3.8) is 0 Å². The molecule has 0 aliphatic rings. The molecule has 2 heterocycles. The minimum absolute atomic E-state index is 0.0634. The van der Waals surface area contributed by atoms with Gasteiger partial charge in [-0.15, -0.1) is 0 Å². The lowest BCUT2D eigenvalue weighted by Gasteiger charge is -2.06. The first-order valence-corrected chi connectivity index (χ1v) is 5.40. The fourth-order valence-electron chi connectivity index (χ4n) is 1.59. The van der Waals surface area contributed by atoms with E-state index in [1.807, 2.05) is 6.92 Å². The summed E-state index contributed by atoms with van der Waals surface area (Å²) >= 11 is 5.42. The van der Waals surface area contributed by atoms with Gasteiger partial charge in [0.1, 0.15) is 0 Å². The van der Waals surface area contributed by atoms with Crippen molar-refractivity contribution >= 4 is 16.8 Å². The highest BCUT2D eigenvalue weighted by molar-refractivity contribution is 6.67. The number of carbonyl (C=O) groups is 1. The van der Waals surface area contributed by atoms with Crippen molar-refractivity contribution in [1.29, 1.82) is 0 Å². The molecule has 0 atom stereocenters. The van der Waals surface area contributed by atoms with Crippen LogP contribution in [0.1, 0.15) is 23.0 Å². The summed E-state index contributed by atoms with van der Waals surface area (Å²) in [7, 11) is 0. The molecule has 0 bridgehead atoms.